The Morgan fingerprint density at radius 3 is 2.58 bits per heavy atom. The lowest BCUT2D eigenvalue weighted by Gasteiger charge is -2.18. The smallest absolute Gasteiger partial charge is 0.340 e. The predicted octanol–water partition coefficient (Wildman–Crippen LogP) is 2.32. The van der Waals surface area contributed by atoms with Gasteiger partial charge in [0.15, 0.2) is 5.69 Å². The molecule has 1 N–H and O–H groups in total. The molecule has 0 spiro atoms. The number of para-hydroxylation sites is 1. The molecule has 0 fully saturated rings. The van der Waals surface area contributed by atoms with E-state index in [2.05, 4.69) is 10.4 Å². The van der Waals surface area contributed by atoms with Crippen LogP contribution in [0, 0.1) is 5.82 Å². The van der Waals surface area contributed by atoms with Gasteiger partial charge in [-0.2, -0.15) is 18.3 Å². The highest BCUT2D eigenvalue weighted by Gasteiger charge is 2.41. The molecule has 1 aromatic heterocycles. The highest BCUT2D eigenvalue weighted by Crippen LogP contribution is 2.34. The normalized spacial score (nSPS) is 11.6. The van der Waals surface area contributed by atoms with Gasteiger partial charge in [-0.25, -0.2) is 9.07 Å². The maximum absolute atomic E-state index is 13.8. The van der Waals surface area contributed by atoms with Crippen molar-refractivity contribution in [2.24, 2.45) is 0 Å². The summed E-state index contributed by atoms with van der Waals surface area (Å²) < 4.78 is 54.7. The van der Waals surface area contributed by atoms with E-state index in [1.165, 1.54) is 19.2 Å². The number of likely N-dealkylation sites (N-methyl/N-ethyl adjacent to an activating group) is 2. The second-order valence-corrected chi connectivity index (χ2v) is 5.10. The summed E-state index contributed by atoms with van der Waals surface area (Å²) in [7, 11) is 3.05. The number of alkyl halides is 3. The van der Waals surface area contributed by atoms with Crippen LogP contribution in [0.5, 0.6) is 0 Å². The molecule has 0 aliphatic carbocycles. The van der Waals surface area contributed by atoms with Gasteiger partial charge >= 0.3 is 6.18 Å². The number of hydrogen-bond acceptors (Lipinski definition) is 3. The summed E-state index contributed by atoms with van der Waals surface area (Å²) in [5.74, 6) is -1.70. The Labute approximate surface area is 135 Å². The quantitative estimate of drug-likeness (QED) is 0.847. The summed E-state index contributed by atoms with van der Waals surface area (Å²) in [5, 5.41) is 6.39. The molecule has 0 saturated carbocycles. The van der Waals surface area contributed by atoms with Gasteiger partial charge in [-0.05, 0) is 19.2 Å². The van der Waals surface area contributed by atoms with Gasteiger partial charge < -0.3 is 10.2 Å². The fraction of sp³-hybridized carbons (Fsp3) is 0.333. The van der Waals surface area contributed by atoms with Crippen molar-refractivity contribution in [3.63, 3.8) is 0 Å². The number of amides is 1. The Morgan fingerprint density at radius 1 is 1.33 bits per heavy atom. The summed E-state index contributed by atoms with van der Waals surface area (Å²) in [6.45, 7) is 0.641. The van der Waals surface area contributed by atoms with Crippen LogP contribution in [0.3, 0.4) is 0 Å². The number of carbonyl (C=O) groups is 1. The molecule has 0 bridgehead atoms. The number of aromatic nitrogens is 2. The maximum Gasteiger partial charge on any atom is 0.434 e. The molecule has 2 rings (SSSR count). The van der Waals surface area contributed by atoms with Crippen LogP contribution >= 0.6 is 0 Å². The summed E-state index contributed by atoms with van der Waals surface area (Å²) in [4.78, 5) is 13.4. The predicted molar refractivity (Wildman–Crippen MR) is 79.4 cm³/mol. The van der Waals surface area contributed by atoms with Crippen molar-refractivity contribution in [1.29, 1.82) is 0 Å². The molecule has 130 valence electrons. The van der Waals surface area contributed by atoms with Crippen LogP contribution in [0.1, 0.15) is 16.1 Å². The fourth-order valence-corrected chi connectivity index (χ4v) is 2.17. The average molecular weight is 344 g/mol. The van der Waals surface area contributed by atoms with E-state index in [1.54, 1.807) is 7.05 Å². The van der Waals surface area contributed by atoms with Gasteiger partial charge in [-0.3, -0.25) is 4.79 Å². The van der Waals surface area contributed by atoms with Crippen LogP contribution in [0.25, 0.3) is 5.69 Å². The van der Waals surface area contributed by atoms with Crippen molar-refractivity contribution in [2.45, 2.75) is 6.18 Å². The van der Waals surface area contributed by atoms with Crippen LogP contribution in [0.2, 0.25) is 0 Å². The Morgan fingerprint density at radius 2 is 2.00 bits per heavy atom. The molecule has 0 aliphatic rings. The van der Waals surface area contributed by atoms with E-state index in [0.717, 1.165) is 23.2 Å². The zero-order valence-corrected chi connectivity index (χ0v) is 13.1. The van der Waals surface area contributed by atoms with E-state index < -0.39 is 29.2 Å². The number of halogens is 4. The lowest BCUT2D eigenvalue weighted by Crippen LogP contribution is -2.34. The van der Waals surface area contributed by atoms with Crippen LogP contribution in [-0.2, 0) is 6.18 Å². The van der Waals surface area contributed by atoms with Gasteiger partial charge in [0, 0.05) is 20.1 Å². The molecular weight excluding hydrogens is 328 g/mol. The SMILES string of the molecule is CNCCN(C)C(=O)c1cnn(-c2ccccc2F)c1C(F)(F)F. The minimum absolute atomic E-state index is 0.220. The van der Waals surface area contributed by atoms with Gasteiger partial charge in [0.05, 0.1) is 11.8 Å². The average Bonchev–Trinajstić information content (AvgIpc) is 2.97. The number of benzene rings is 1. The van der Waals surface area contributed by atoms with Crippen LogP contribution in [0.15, 0.2) is 30.5 Å². The van der Waals surface area contributed by atoms with Gasteiger partial charge in [0.2, 0.25) is 0 Å². The molecular formula is C15H16F4N4O. The Hall–Kier alpha value is -2.42. The number of nitrogens with one attached hydrogen (secondary N) is 1. The van der Waals surface area contributed by atoms with E-state index >= 15 is 0 Å². The summed E-state index contributed by atoms with van der Waals surface area (Å²) in [5.41, 5.74) is -2.29. The molecule has 0 saturated heterocycles. The van der Waals surface area contributed by atoms with E-state index in [0.29, 0.717) is 11.2 Å². The van der Waals surface area contributed by atoms with Crippen molar-refractivity contribution in [3.05, 3.63) is 47.5 Å². The first kappa shape index (κ1) is 17.9. The molecule has 1 aromatic carbocycles. The summed E-state index contributed by atoms with van der Waals surface area (Å²) in [6, 6.07) is 4.93. The Balaban J connectivity index is 2.52. The molecule has 1 amide bonds. The van der Waals surface area contributed by atoms with Gasteiger partial charge in [0.25, 0.3) is 5.91 Å². The molecule has 2 aromatic rings. The highest BCUT2D eigenvalue weighted by molar-refractivity contribution is 5.95. The zero-order valence-electron chi connectivity index (χ0n) is 13.1. The third-order valence-electron chi connectivity index (χ3n) is 3.39. The monoisotopic (exact) mass is 344 g/mol. The van der Waals surface area contributed by atoms with Crippen LogP contribution in [0.4, 0.5) is 17.6 Å². The van der Waals surface area contributed by atoms with Crippen LogP contribution in [-0.4, -0.2) is 47.8 Å². The number of carbonyl (C=O) groups excluding carboxylic acids is 1. The molecule has 0 atom stereocenters. The first-order valence-electron chi connectivity index (χ1n) is 7.07. The van der Waals surface area contributed by atoms with Gasteiger partial charge in [0.1, 0.15) is 11.5 Å². The second-order valence-electron chi connectivity index (χ2n) is 5.10. The molecule has 0 aliphatic heterocycles. The van der Waals surface area contributed by atoms with Gasteiger partial charge in [-0.1, -0.05) is 12.1 Å². The topological polar surface area (TPSA) is 50.2 Å². The van der Waals surface area contributed by atoms with Crippen molar-refractivity contribution < 1.29 is 22.4 Å². The largest absolute Gasteiger partial charge is 0.434 e. The van der Waals surface area contributed by atoms with Crippen LogP contribution < -0.4 is 5.32 Å². The van der Waals surface area contributed by atoms with E-state index in [1.807, 2.05) is 0 Å². The third kappa shape index (κ3) is 3.56. The Kier molecular flexibility index (Phi) is 5.23. The van der Waals surface area contributed by atoms with E-state index in [9.17, 15) is 22.4 Å². The van der Waals surface area contributed by atoms with Crippen molar-refractivity contribution in [1.82, 2.24) is 20.0 Å². The number of hydrogen-bond donors (Lipinski definition) is 1. The standard InChI is InChI=1S/C15H16F4N4O/c1-20-7-8-22(2)14(24)10-9-21-23(13(10)15(17,18)19)12-6-4-3-5-11(12)16/h3-6,9,20H,7-8H2,1-2H3. The fourth-order valence-electron chi connectivity index (χ4n) is 2.17. The molecule has 0 unspecified atom stereocenters. The van der Waals surface area contributed by atoms with Crippen molar-refractivity contribution >= 4 is 5.91 Å². The molecule has 1 heterocycles. The number of nitrogens with zero attached hydrogens (tertiary/aromatic N) is 3. The highest BCUT2D eigenvalue weighted by atomic mass is 19.4. The lowest BCUT2D eigenvalue weighted by molar-refractivity contribution is -0.143. The first-order chi connectivity index (χ1) is 11.3. The van der Waals surface area contributed by atoms with Crippen molar-refractivity contribution in [3.8, 4) is 5.69 Å². The third-order valence-corrected chi connectivity index (χ3v) is 3.39. The molecule has 5 nitrogen and oxygen atoms in total. The summed E-state index contributed by atoms with van der Waals surface area (Å²) >= 11 is 0. The number of rotatable bonds is 5. The molecule has 0 radical (unpaired) electrons. The summed E-state index contributed by atoms with van der Waals surface area (Å²) in [6.07, 6.45) is -4.05. The van der Waals surface area contributed by atoms with Gasteiger partial charge in [-0.15, -0.1) is 0 Å². The molecule has 24 heavy (non-hydrogen) atoms. The first-order valence-corrected chi connectivity index (χ1v) is 7.07. The lowest BCUT2D eigenvalue weighted by atomic mass is 10.2. The minimum atomic E-state index is -4.87. The molecule has 9 heteroatoms. The van der Waals surface area contributed by atoms with E-state index in [4.69, 9.17) is 0 Å². The minimum Gasteiger partial charge on any atom is -0.340 e. The zero-order chi connectivity index (χ0) is 17.9. The second kappa shape index (κ2) is 7.00. The van der Waals surface area contributed by atoms with Crippen molar-refractivity contribution in [2.75, 3.05) is 27.2 Å². The maximum atomic E-state index is 13.8. The van der Waals surface area contributed by atoms with E-state index in [-0.39, 0.29) is 12.2 Å². The Bertz CT molecular complexity index is 727.